The third kappa shape index (κ3) is 4.64. The number of hydrogen-bond acceptors (Lipinski definition) is 4. The molecular weight excluding hydrogens is 292 g/mol. The van der Waals surface area contributed by atoms with Crippen molar-refractivity contribution in [1.29, 1.82) is 0 Å². The molecule has 0 atom stereocenters. The molecule has 0 saturated heterocycles. The van der Waals surface area contributed by atoms with E-state index in [9.17, 15) is 4.79 Å². The summed E-state index contributed by atoms with van der Waals surface area (Å²) in [6.07, 6.45) is 1.04. The summed E-state index contributed by atoms with van der Waals surface area (Å²) < 4.78 is 10.5. The van der Waals surface area contributed by atoms with Gasteiger partial charge in [0.25, 0.3) is 0 Å². The molecular formula is C18H22N2O3. The molecule has 23 heavy (non-hydrogen) atoms. The first kappa shape index (κ1) is 16.7. The molecule has 0 heterocycles. The number of anilines is 2. The Bertz CT molecular complexity index is 641. The molecule has 0 aliphatic carbocycles. The van der Waals surface area contributed by atoms with Gasteiger partial charge < -0.3 is 20.1 Å². The number of ether oxygens (including phenoxy) is 2. The molecule has 0 aliphatic rings. The first-order valence-corrected chi connectivity index (χ1v) is 7.48. The molecule has 2 aromatic rings. The number of hydrogen-bond donors (Lipinski definition) is 1. The zero-order valence-electron chi connectivity index (χ0n) is 13.5. The van der Waals surface area contributed by atoms with Gasteiger partial charge in [0.15, 0.2) is 0 Å². The van der Waals surface area contributed by atoms with Crippen molar-refractivity contribution in [3.8, 4) is 11.5 Å². The van der Waals surface area contributed by atoms with Crippen LogP contribution in [0, 0.1) is 0 Å². The van der Waals surface area contributed by atoms with Crippen LogP contribution in [0.5, 0.6) is 11.5 Å². The Balaban J connectivity index is 2.27. The first-order valence-electron chi connectivity index (χ1n) is 7.48. The molecule has 0 radical (unpaired) electrons. The van der Waals surface area contributed by atoms with Crippen LogP contribution in [0.1, 0.15) is 12.8 Å². The van der Waals surface area contributed by atoms with Gasteiger partial charge in [-0.25, -0.2) is 0 Å². The first-order chi connectivity index (χ1) is 11.1. The second kappa shape index (κ2) is 8.08. The van der Waals surface area contributed by atoms with Crippen LogP contribution in [-0.4, -0.2) is 26.7 Å². The molecule has 0 saturated carbocycles. The number of carbonyl (C=O) groups excluding carboxylic acids is 1. The van der Waals surface area contributed by atoms with Gasteiger partial charge >= 0.3 is 0 Å². The Kier molecular flexibility index (Phi) is 5.86. The predicted molar refractivity (Wildman–Crippen MR) is 91.4 cm³/mol. The van der Waals surface area contributed by atoms with Gasteiger partial charge in [-0.1, -0.05) is 6.07 Å². The summed E-state index contributed by atoms with van der Waals surface area (Å²) in [5.41, 5.74) is 7.26. The van der Waals surface area contributed by atoms with Crippen LogP contribution in [-0.2, 0) is 4.79 Å². The highest BCUT2D eigenvalue weighted by molar-refractivity contribution is 5.74. The summed E-state index contributed by atoms with van der Waals surface area (Å²) in [5, 5.41) is 0. The summed E-state index contributed by atoms with van der Waals surface area (Å²) in [5.74, 6) is 1.30. The smallest absolute Gasteiger partial charge is 0.217 e. The molecule has 0 fully saturated rings. The van der Waals surface area contributed by atoms with Crippen molar-refractivity contribution in [2.24, 2.45) is 5.73 Å². The van der Waals surface area contributed by atoms with E-state index in [1.54, 1.807) is 14.2 Å². The van der Waals surface area contributed by atoms with E-state index in [1.165, 1.54) is 0 Å². The van der Waals surface area contributed by atoms with E-state index in [4.69, 9.17) is 15.2 Å². The summed E-state index contributed by atoms with van der Waals surface area (Å²) in [7, 11) is 3.28. The highest BCUT2D eigenvalue weighted by atomic mass is 16.5. The number of amides is 1. The maximum Gasteiger partial charge on any atom is 0.217 e. The highest BCUT2D eigenvalue weighted by Crippen LogP contribution is 2.30. The van der Waals surface area contributed by atoms with Crippen LogP contribution < -0.4 is 20.1 Å². The lowest BCUT2D eigenvalue weighted by Crippen LogP contribution is -2.20. The Morgan fingerprint density at radius 3 is 2.30 bits per heavy atom. The fourth-order valence-electron chi connectivity index (χ4n) is 2.36. The van der Waals surface area contributed by atoms with E-state index >= 15 is 0 Å². The van der Waals surface area contributed by atoms with Crippen molar-refractivity contribution in [2.75, 3.05) is 25.7 Å². The number of methoxy groups -OCH3 is 2. The largest absolute Gasteiger partial charge is 0.497 e. The Labute approximate surface area is 136 Å². The summed E-state index contributed by atoms with van der Waals surface area (Å²) in [6, 6.07) is 15.6. The van der Waals surface area contributed by atoms with Gasteiger partial charge in [0, 0.05) is 30.4 Å². The molecule has 1 amide bonds. The number of nitrogens with two attached hydrogens (primary N) is 1. The minimum absolute atomic E-state index is 0.287. The lowest BCUT2D eigenvalue weighted by atomic mass is 10.2. The van der Waals surface area contributed by atoms with Gasteiger partial charge in [0.05, 0.1) is 14.2 Å². The molecule has 5 heteroatoms. The minimum atomic E-state index is -0.287. The van der Waals surface area contributed by atoms with Crippen molar-refractivity contribution in [2.45, 2.75) is 12.8 Å². The van der Waals surface area contributed by atoms with Crippen LogP contribution in [0.2, 0.25) is 0 Å². The second-order valence-electron chi connectivity index (χ2n) is 5.12. The Hall–Kier alpha value is -2.69. The monoisotopic (exact) mass is 314 g/mol. The fraction of sp³-hybridized carbons (Fsp3) is 0.278. The third-order valence-electron chi connectivity index (χ3n) is 3.55. The summed E-state index contributed by atoms with van der Waals surface area (Å²) >= 11 is 0. The van der Waals surface area contributed by atoms with Crippen LogP contribution in [0.15, 0.2) is 48.5 Å². The summed E-state index contributed by atoms with van der Waals surface area (Å²) in [4.78, 5) is 13.1. The zero-order valence-corrected chi connectivity index (χ0v) is 13.5. The normalized spacial score (nSPS) is 10.2. The maximum absolute atomic E-state index is 11.0. The number of benzene rings is 2. The van der Waals surface area contributed by atoms with Gasteiger partial charge in [-0.3, -0.25) is 4.79 Å². The van der Waals surface area contributed by atoms with E-state index in [0.717, 1.165) is 22.9 Å². The quantitative estimate of drug-likeness (QED) is 0.813. The topological polar surface area (TPSA) is 64.8 Å². The minimum Gasteiger partial charge on any atom is -0.497 e. The molecule has 0 spiro atoms. The van der Waals surface area contributed by atoms with Crippen molar-refractivity contribution >= 4 is 17.3 Å². The Morgan fingerprint density at radius 2 is 1.70 bits per heavy atom. The number of carbonyl (C=O) groups is 1. The average molecular weight is 314 g/mol. The van der Waals surface area contributed by atoms with E-state index < -0.39 is 0 Å². The molecule has 0 unspecified atom stereocenters. The number of primary amides is 1. The van der Waals surface area contributed by atoms with Gasteiger partial charge in [-0.2, -0.15) is 0 Å². The summed E-state index contributed by atoms with van der Waals surface area (Å²) in [6.45, 7) is 0.683. The lowest BCUT2D eigenvalue weighted by molar-refractivity contribution is -0.118. The van der Waals surface area contributed by atoms with E-state index in [1.807, 2.05) is 48.5 Å². The second-order valence-corrected chi connectivity index (χ2v) is 5.12. The average Bonchev–Trinajstić information content (AvgIpc) is 2.59. The number of rotatable bonds is 8. The fourth-order valence-corrected chi connectivity index (χ4v) is 2.36. The molecule has 2 N–H and O–H groups in total. The molecule has 0 bridgehead atoms. The molecule has 0 aliphatic heterocycles. The molecule has 122 valence electrons. The molecule has 2 aromatic carbocycles. The van der Waals surface area contributed by atoms with Crippen LogP contribution in [0.3, 0.4) is 0 Å². The van der Waals surface area contributed by atoms with Crippen LogP contribution in [0.25, 0.3) is 0 Å². The highest BCUT2D eigenvalue weighted by Gasteiger charge is 2.11. The van der Waals surface area contributed by atoms with E-state index in [0.29, 0.717) is 19.4 Å². The maximum atomic E-state index is 11.0. The lowest BCUT2D eigenvalue weighted by Gasteiger charge is -2.25. The van der Waals surface area contributed by atoms with Gasteiger partial charge in [-0.15, -0.1) is 0 Å². The van der Waals surface area contributed by atoms with Gasteiger partial charge in [0.1, 0.15) is 11.5 Å². The Morgan fingerprint density at radius 1 is 1.00 bits per heavy atom. The van der Waals surface area contributed by atoms with Gasteiger partial charge in [-0.05, 0) is 42.8 Å². The zero-order chi connectivity index (χ0) is 16.7. The SMILES string of the molecule is COc1ccc(N(CCCC(N)=O)c2cccc(OC)c2)cc1. The standard InChI is InChI=1S/C18H22N2O3/c1-22-16-10-8-14(9-11-16)20(12-4-7-18(19)21)15-5-3-6-17(13-15)23-2/h3,5-6,8-11,13H,4,7,12H2,1-2H3,(H2,19,21). The van der Waals surface area contributed by atoms with Crippen molar-refractivity contribution < 1.29 is 14.3 Å². The number of nitrogens with zero attached hydrogens (tertiary/aromatic N) is 1. The van der Waals surface area contributed by atoms with Crippen LogP contribution in [0.4, 0.5) is 11.4 Å². The van der Waals surface area contributed by atoms with Crippen LogP contribution >= 0.6 is 0 Å². The van der Waals surface area contributed by atoms with Crippen molar-refractivity contribution in [1.82, 2.24) is 0 Å². The third-order valence-corrected chi connectivity index (χ3v) is 3.55. The molecule has 5 nitrogen and oxygen atoms in total. The van der Waals surface area contributed by atoms with E-state index in [-0.39, 0.29) is 5.91 Å². The predicted octanol–water partition coefficient (Wildman–Crippen LogP) is 3.11. The van der Waals surface area contributed by atoms with Crippen molar-refractivity contribution in [3.05, 3.63) is 48.5 Å². The molecule has 2 rings (SSSR count). The molecule has 0 aromatic heterocycles. The van der Waals surface area contributed by atoms with Crippen molar-refractivity contribution in [3.63, 3.8) is 0 Å². The van der Waals surface area contributed by atoms with Gasteiger partial charge in [0.2, 0.25) is 5.91 Å². The van der Waals surface area contributed by atoms with E-state index in [2.05, 4.69) is 4.90 Å².